The monoisotopic (exact) mass is 214 g/mol. The van der Waals surface area contributed by atoms with Gasteiger partial charge in [-0.2, -0.15) is 0 Å². The van der Waals surface area contributed by atoms with E-state index in [4.69, 9.17) is 10.5 Å². The van der Waals surface area contributed by atoms with Gasteiger partial charge in [0.25, 0.3) is 5.69 Å². The van der Waals surface area contributed by atoms with Gasteiger partial charge in [-0.3, -0.25) is 10.1 Å². The molecule has 0 unspecified atom stereocenters. The lowest BCUT2D eigenvalue weighted by molar-refractivity contribution is -0.385. The summed E-state index contributed by atoms with van der Waals surface area (Å²) < 4.78 is 18.1. The van der Waals surface area contributed by atoms with Crippen molar-refractivity contribution < 1.29 is 14.1 Å². The molecule has 0 heterocycles. The van der Waals surface area contributed by atoms with Crippen LogP contribution in [0.3, 0.4) is 0 Å². The second-order valence-electron chi connectivity index (χ2n) is 2.92. The van der Waals surface area contributed by atoms with Gasteiger partial charge in [0.15, 0.2) is 11.6 Å². The van der Waals surface area contributed by atoms with Crippen LogP contribution in [0, 0.1) is 15.9 Å². The molecule has 6 heteroatoms. The summed E-state index contributed by atoms with van der Waals surface area (Å²) in [5, 5.41) is 10.5. The van der Waals surface area contributed by atoms with E-state index in [1.165, 1.54) is 13.2 Å². The quantitative estimate of drug-likeness (QED) is 0.604. The van der Waals surface area contributed by atoms with Crippen LogP contribution in [0.4, 0.5) is 10.1 Å². The lowest BCUT2D eigenvalue weighted by Crippen LogP contribution is -2.06. The third-order valence-electron chi connectivity index (χ3n) is 1.93. The highest BCUT2D eigenvalue weighted by atomic mass is 19.1. The van der Waals surface area contributed by atoms with Crippen molar-refractivity contribution >= 4 is 5.69 Å². The number of nitro groups is 1. The van der Waals surface area contributed by atoms with Crippen molar-refractivity contribution in [2.45, 2.75) is 6.42 Å². The number of benzene rings is 1. The summed E-state index contributed by atoms with van der Waals surface area (Å²) in [5.41, 5.74) is 5.43. The predicted octanol–water partition coefficient (Wildman–Crippen LogP) is 1.24. The number of nitrogens with two attached hydrogens (primary N) is 1. The van der Waals surface area contributed by atoms with Crippen LogP contribution in [0.15, 0.2) is 12.1 Å². The molecule has 0 amide bonds. The summed E-state index contributed by atoms with van der Waals surface area (Å²) in [6, 6.07) is 2.10. The first kappa shape index (κ1) is 11.4. The Bertz CT molecular complexity index is 382. The lowest BCUT2D eigenvalue weighted by atomic mass is 10.1. The number of ether oxygens (including phenoxy) is 1. The van der Waals surface area contributed by atoms with Crippen molar-refractivity contribution in [1.82, 2.24) is 0 Å². The highest BCUT2D eigenvalue weighted by Crippen LogP contribution is 2.28. The Labute approximate surface area is 85.8 Å². The molecule has 0 fully saturated rings. The van der Waals surface area contributed by atoms with Crippen LogP contribution in [0.25, 0.3) is 0 Å². The molecule has 0 atom stereocenters. The molecular formula is C9H11FN2O3. The van der Waals surface area contributed by atoms with Gasteiger partial charge in [-0.1, -0.05) is 0 Å². The van der Waals surface area contributed by atoms with Gasteiger partial charge in [0.2, 0.25) is 0 Å². The van der Waals surface area contributed by atoms with Crippen LogP contribution in [-0.2, 0) is 6.42 Å². The van der Waals surface area contributed by atoms with Crippen molar-refractivity contribution in [3.8, 4) is 5.75 Å². The molecule has 1 aromatic rings. The van der Waals surface area contributed by atoms with Gasteiger partial charge in [-0.05, 0) is 13.0 Å². The predicted molar refractivity (Wildman–Crippen MR) is 52.4 cm³/mol. The van der Waals surface area contributed by atoms with E-state index in [0.29, 0.717) is 12.0 Å². The Hall–Kier alpha value is -1.69. The van der Waals surface area contributed by atoms with Crippen LogP contribution in [-0.4, -0.2) is 18.6 Å². The number of halogens is 1. The number of methoxy groups -OCH3 is 1. The Morgan fingerprint density at radius 1 is 1.60 bits per heavy atom. The van der Waals surface area contributed by atoms with Gasteiger partial charge in [0, 0.05) is 11.6 Å². The molecule has 0 radical (unpaired) electrons. The van der Waals surface area contributed by atoms with Crippen molar-refractivity contribution in [2.24, 2.45) is 5.73 Å². The van der Waals surface area contributed by atoms with Crippen LogP contribution < -0.4 is 10.5 Å². The van der Waals surface area contributed by atoms with Crippen molar-refractivity contribution in [1.29, 1.82) is 0 Å². The molecule has 2 N–H and O–H groups in total. The molecule has 0 aromatic heterocycles. The van der Waals surface area contributed by atoms with E-state index in [9.17, 15) is 14.5 Å². The smallest absolute Gasteiger partial charge is 0.272 e. The first-order chi connectivity index (χ1) is 7.10. The van der Waals surface area contributed by atoms with Crippen LogP contribution in [0.1, 0.15) is 5.56 Å². The average Bonchev–Trinajstić information content (AvgIpc) is 2.17. The molecule has 0 aliphatic carbocycles. The number of nitro benzene ring substituents is 1. The topological polar surface area (TPSA) is 78.4 Å². The molecule has 82 valence electrons. The SMILES string of the molecule is COc1c(F)cc([N+](=O)[O-])cc1CCN. The second kappa shape index (κ2) is 4.70. The summed E-state index contributed by atoms with van der Waals surface area (Å²) in [6.45, 7) is 0.275. The van der Waals surface area contributed by atoms with E-state index >= 15 is 0 Å². The van der Waals surface area contributed by atoms with Gasteiger partial charge in [-0.15, -0.1) is 0 Å². The molecule has 0 spiro atoms. The Morgan fingerprint density at radius 2 is 2.27 bits per heavy atom. The van der Waals surface area contributed by atoms with E-state index in [-0.39, 0.29) is 18.0 Å². The molecule has 1 rings (SSSR count). The molecule has 0 saturated heterocycles. The third kappa shape index (κ3) is 2.41. The number of hydrogen-bond acceptors (Lipinski definition) is 4. The highest BCUT2D eigenvalue weighted by Gasteiger charge is 2.16. The first-order valence-electron chi connectivity index (χ1n) is 4.31. The molecule has 0 aliphatic rings. The minimum absolute atomic E-state index is 0.0195. The summed E-state index contributed by atoms with van der Waals surface area (Å²) in [6.07, 6.45) is 0.335. The fourth-order valence-corrected chi connectivity index (χ4v) is 1.31. The number of hydrogen-bond donors (Lipinski definition) is 1. The zero-order chi connectivity index (χ0) is 11.4. The molecule has 0 bridgehead atoms. The van der Waals surface area contributed by atoms with Crippen LogP contribution >= 0.6 is 0 Å². The molecular weight excluding hydrogens is 203 g/mol. The van der Waals surface area contributed by atoms with Gasteiger partial charge in [0.05, 0.1) is 18.1 Å². The maximum Gasteiger partial charge on any atom is 0.272 e. The van der Waals surface area contributed by atoms with E-state index in [0.717, 1.165) is 6.07 Å². The molecule has 1 aromatic carbocycles. The Morgan fingerprint density at radius 3 is 2.73 bits per heavy atom. The van der Waals surface area contributed by atoms with Crippen molar-refractivity contribution in [3.05, 3.63) is 33.6 Å². The zero-order valence-corrected chi connectivity index (χ0v) is 8.20. The van der Waals surface area contributed by atoms with E-state index < -0.39 is 10.7 Å². The Kier molecular flexibility index (Phi) is 3.56. The van der Waals surface area contributed by atoms with Crippen molar-refractivity contribution in [3.63, 3.8) is 0 Å². The summed E-state index contributed by atoms with van der Waals surface area (Å²) >= 11 is 0. The summed E-state index contributed by atoms with van der Waals surface area (Å²) in [4.78, 5) is 9.83. The van der Waals surface area contributed by atoms with Crippen LogP contribution in [0.5, 0.6) is 5.75 Å². The number of non-ortho nitro benzene ring substituents is 1. The molecule has 0 aliphatic heterocycles. The van der Waals surface area contributed by atoms with Gasteiger partial charge in [-0.25, -0.2) is 4.39 Å². The van der Waals surface area contributed by atoms with E-state index in [2.05, 4.69) is 0 Å². The maximum atomic E-state index is 13.3. The molecule has 5 nitrogen and oxygen atoms in total. The van der Waals surface area contributed by atoms with Gasteiger partial charge in [0.1, 0.15) is 0 Å². The van der Waals surface area contributed by atoms with E-state index in [1.54, 1.807) is 0 Å². The zero-order valence-electron chi connectivity index (χ0n) is 8.20. The van der Waals surface area contributed by atoms with Gasteiger partial charge >= 0.3 is 0 Å². The van der Waals surface area contributed by atoms with Gasteiger partial charge < -0.3 is 10.5 Å². The average molecular weight is 214 g/mol. The van der Waals surface area contributed by atoms with E-state index in [1.807, 2.05) is 0 Å². The largest absolute Gasteiger partial charge is 0.493 e. The molecule has 0 saturated carbocycles. The maximum absolute atomic E-state index is 13.3. The number of nitrogens with zero attached hydrogens (tertiary/aromatic N) is 1. The fraction of sp³-hybridized carbons (Fsp3) is 0.333. The highest BCUT2D eigenvalue weighted by molar-refractivity contribution is 5.45. The fourth-order valence-electron chi connectivity index (χ4n) is 1.31. The summed E-state index contributed by atoms with van der Waals surface area (Å²) in [5.74, 6) is -0.721. The minimum Gasteiger partial charge on any atom is -0.493 e. The normalized spacial score (nSPS) is 10.1. The third-order valence-corrected chi connectivity index (χ3v) is 1.93. The Balaban J connectivity index is 3.25. The second-order valence-corrected chi connectivity index (χ2v) is 2.92. The minimum atomic E-state index is -0.741. The molecule has 15 heavy (non-hydrogen) atoms. The number of rotatable bonds is 4. The lowest BCUT2D eigenvalue weighted by Gasteiger charge is -2.08. The summed E-state index contributed by atoms with van der Waals surface area (Å²) in [7, 11) is 1.31. The van der Waals surface area contributed by atoms with Crippen LogP contribution in [0.2, 0.25) is 0 Å². The van der Waals surface area contributed by atoms with Crippen molar-refractivity contribution in [2.75, 3.05) is 13.7 Å². The standard InChI is InChI=1S/C9H11FN2O3/c1-15-9-6(2-3-11)4-7(12(13)14)5-8(9)10/h4-5H,2-3,11H2,1H3. The first-order valence-corrected chi connectivity index (χ1v) is 4.31.